The van der Waals surface area contributed by atoms with Crippen molar-refractivity contribution in [3.8, 4) is 0 Å². The van der Waals surface area contributed by atoms with Crippen LogP contribution in [0.3, 0.4) is 0 Å². The van der Waals surface area contributed by atoms with Gasteiger partial charge in [0, 0.05) is 24.1 Å². The van der Waals surface area contributed by atoms with E-state index in [1.54, 1.807) is 0 Å². The molecule has 0 aliphatic carbocycles. The number of rotatable bonds is 7. The van der Waals surface area contributed by atoms with E-state index >= 15 is 0 Å². The molecule has 1 aromatic rings. The summed E-state index contributed by atoms with van der Waals surface area (Å²) in [6.45, 7) is 5.48. The van der Waals surface area contributed by atoms with Crippen LogP contribution in [0.4, 0.5) is 0 Å². The Morgan fingerprint density at radius 1 is 1.17 bits per heavy atom. The van der Waals surface area contributed by atoms with Gasteiger partial charge in [0.2, 0.25) is 0 Å². The Hall–Kier alpha value is -0.510. The fourth-order valence-electron chi connectivity index (χ4n) is 2.01. The SMILES string of the molecule is CNC(CSCCN(C)C)c1cc(C)cc(C)c1. The molecule has 0 heterocycles. The molecule has 0 fully saturated rings. The van der Waals surface area contributed by atoms with Gasteiger partial charge >= 0.3 is 0 Å². The number of benzene rings is 1. The zero-order chi connectivity index (χ0) is 13.5. The molecule has 1 atom stereocenters. The third-order valence-corrected chi connectivity index (χ3v) is 4.00. The molecule has 0 aliphatic heterocycles. The Balaban J connectivity index is 2.54. The van der Waals surface area contributed by atoms with Crippen molar-refractivity contribution in [1.82, 2.24) is 10.2 Å². The van der Waals surface area contributed by atoms with Crippen LogP contribution in [0.5, 0.6) is 0 Å². The predicted molar refractivity (Wildman–Crippen MR) is 83.6 cm³/mol. The molecule has 18 heavy (non-hydrogen) atoms. The molecule has 0 aromatic heterocycles. The Morgan fingerprint density at radius 2 is 1.78 bits per heavy atom. The summed E-state index contributed by atoms with van der Waals surface area (Å²) in [5, 5.41) is 3.43. The number of thioether (sulfide) groups is 1. The van der Waals surface area contributed by atoms with Gasteiger partial charge in [-0.15, -0.1) is 0 Å². The van der Waals surface area contributed by atoms with Crippen LogP contribution in [-0.2, 0) is 0 Å². The summed E-state index contributed by atoms with van der Waals surface area (Å²) < 4.78 is 0. The van der Waals surface area contributed by atoms with Crippen molar-refractivity contribution in [1.29, 1.82) is 0 Å². The van der Waals surface area contributed by atoms with E-state index in [-0.39, 0.29) is 0 Å². The lowest BCUT2D eigenvalue weighted by atomic mass is 10.0. The fraction of sp³-hybridized carbons (Fsp3) is 0.600. The second-order valence-corrected chi connectivity index (χ2v) is 6.29. The van der Waals surface area contributed by atoms with Gasteiger partial charge in [-0.25, -0.2) is 0 Å². The lowest BCUT2D eigenvalue weighted by Gasteiger charge is -2.18. The van der Waals surface area contributed by atoms with Crippen LogP contribution in [-0.4, -0.2) is 44.1 Å². The molecular weight excluding hydrogens is 240 g/mol. The first kappa shape index (κ1) is 15.5. The van der Waals surface area contributed by atoms with Crippen molar-refractivity contribution in [2.75, 3.05) is 39.2 Å². The molecule has 1 N–H and O–H groups in total. The largest absolute Gasteiger partial charge is 0.312 e. The smallest absolute Gasteiger partial charge is 0.0409 e. The van der Waals surface area contributed by atoms with Crippen molar-refractivity contribution < 1.29 is 0 Å². The second kappa shape index (κ2) is 7.82. The lowest BCUT2D eigenvalue weighted by molar-refractivity contribution is 0.437. The minimum Gasteiger partial charge on any atom is -0.312 e. The molecular formula is C15H26N2S. The van der Waals surface area contributed by atoms with E-state index in [9.17, 15) is 0 Å². The van der Waals surface area contributed by atoms with Crippen LogP contribution in [0.2, 0.25) is 0 Å². The van der Waals surface area contributed by atoms with Crippen molar-refractivity contribution >= 4 is 11.8 Å². The summed E-state index contributed by atoms with van der Waals surface area (Å²) in [4.78, 5) is 2.23. The summed E-state index contributed by atoms with van der Waals surface area (Å²) in [6, 6.07) is 7.27. The van der Waals surface area contributed by atoms with Crippen molar-refractivity contribution in [3.05, 3.63) is 34.9 Å². The van der Waals surface area contributed by atoms with E-state index < -0.39 is 0 Å². The van der Waals surface area contributed by atoms with Crippen LogP contribution < -0.4 is 5.32 Å². The second-order valence-electron chi connectivity index (χ2n) is 5.14. The highest BCUT2D eigenvalue weighted by Crippen LogP contribution is 2.20. The fourth-order valence-corrected chi connectivity index (χ4v) is 3.26. The molecule has 1 aromatic carbocycles. The van der Waals surface area contributed by atoms with E-state index in [0.717, 1.165) is 12.3 Å². The highest BCUT2D eigenvalue weighted by Gasteiger charge is 2.10. The minimum atomic E-state index is 0.454. The molecule has 2 nitrogen and oxygen atoms in total. The van der Waals surface area contributed by atoms with Gasteiger partial charge in [0.05, 0.1) is 0 Å². The van der Waals surface area contributed by atoms with Crippen molar-refractivity contribution in [3.63, 3.8) is 0 Å². The number of nitrogens with one attached hydrogen (secondary N) is 1. The molecule has 0 radical (unpaired) electrons. The van der Waals surface area contributed by atoms with Gasteiger partial charge in [0.25, 0.3) is 0 Å². The van der Waals surface area contributed by atoms with Crippen LogP contribution in [0, 0.1) is 13.8 Å². The molecule has 1 unspecified atom stereocenters. The molecule has 3 heteroatoms. The van der Waals surface area contributed by atoms with Crippen molar-refractivity contribution in [2.45, 2.75) is 19.9 Å². The van der Waals surface area contributed by atoms with Crippen LogP contribution in [0.15, 0.2) is 18.2 Å². The Labute approximate surface area is 116 Å². The maximum atomic E-state index is 3.43. The zero-order valence-electron chi connectivity index (χ0n) is 12.3. The van der Waals surface area contributed by atoms with Gasteiger partial charge in [-0.05, 0) is 40.6 Å². The Kier molecular flexibility index (Phi) is 6.76. The summed E-state index contributed by atoms with van der Waals surface area (Å²) in [6.07, 6.45) is 0. The monoisotopic (exact) mass is 266 g/mol. The molecule has 0 saturated carbocycles. The number of hydrogen-bond acceptors (Lipinski definition) is 3. The first-order valence-electron chi connectivity index (χ1n) is 6.51. The highest BCUT2D eigenvalue weighted by atomic mass is 32.2. The summed E-state index contributed by atoms with van der Waals surface area (Å²) in [7, 11) is 6.30. The van der Waals surface area contributed by atoms with Crippen LogP contribution >= 0.6 is 11.8 Å². The lowest BCUT2D eigenvalue weighted by Crippen LogP contribution is -2.20. The highest BCUT2D eigenvalue weighted by molar-refractivity contribution is 7.99. The molecule has 102 valence electrons. The molecule has 0 aliphatic rings. The van der Waals surface area contributed by atoms with Crippen LogP contribution in [0.25, 0.3) is 0 Å². The minimum absolute atomic E-state index is 0.454. The third kappa shape index (κ3) is 5.42. The summed E-state index contributed by atoms with van der Waals surface area (Å²) in [5.41, 5.74) is 4.11. The average molecular weight is 266 g/mol. The molecule has 0 saturated heterocycles. The Morgan fingerprint density at radius 3 is 2.28 bits per heavy atom. The van der Waals surface area contributed by atoms with E-state index in [1.165, 1.54) is 22.4 Å². The van der Waals surface area contributed by atoms with E-state index in [4.69, 9.17) is 0 Å². The maximum Gasteiger partial charge on any atom is 0.0409 e. The molecule has 0 amide bonds. The van der Waals surface area contributed by atoms with E-state index in [1.807, 2.05) is 11.8 Å². The van der Waals surface area contributed by atoms with Gasteiger partial charge in [-0.3, -0.25) is 0 Å². The first-order chi connectivity index (χ1) is 8.52. The zero-order valence-corrected chi connectivity index (χ0v) is 13.1. The predicted octanol–water partition coefficient (Wildman–Crippen LogP) is 2.86. The third-order valence-electron chi connectivity index (χ3n) is 2.96. The van der Waals surface area contributed by atoms with E-state index in [0.29, 0.717) is 6.04 Å². The molecule has 0 bridgehead atoms. The van der Waals surface area contributed by atoms with Gasteiger partial charge in [0.15, 0.2) is 0 Å². The number of hydrogen-bond donors (Lipinski definition) is 1. The topological polar surface area (TPSA) is 15.3 Å². The van der Waals surface area contributed by atoms with Gasteiger partial charge in [-0.2, -0.15) is 11.8 Å². The number of nitrogens with zero attached hydrogens (tertiary/aromatic N) is 1. The Bertz CT molecular complexity index is 343. The van der Waals surface area contributed by atoms with E-state index in [2.05, 4.69) is 63.4 Å². The van der Waals surface area contributed by atoms with Crippen molar-refractivity contribution in [2.24, 2.45) is 0 Å². The van der Waals surface area contributed by atoms with Crippen LogP contribution in [0.1, 0.15) is 22.7 Å². The first-order valence-corrected chi connectivity index (χ1v) is 7.66. The summed E-state index contributed by atoms with van der Waals surface area (Å²) in [5.74, 6) is 2.32. The average Bonchev–Trinajstić information content (AvgIpc) is 2.27. The van der Waals surface area contributed by atoms with Gasteiger partial charge < -0.3 is 10.2 Å². The molecule has 1 rings (SSSR count). The quantitative estimate of drug-likeness (QED) is 0.764. The van der Waals surface area contributed by atoms with Gasteiger partial charge in [-0.1, -0.05) is 29.3 Å². The normalized spacial score (nSPS) is 13.0. The standard InChI is InChI=1S/C15H26N2S/c1-12-8-13(2)10-14(9-12)15(16-3)11-18-7-6-17(4)5/h8-10,15-16H,6-7,11H2,1-5H3. The maximum absolute atomic E-state index is 3.43. The molecule has 0 spiro atoms. The summed E-state index contributed by atoms with van der Waals surface area (Å²) >= 11 is 2.02. The van der Waals surface area contributed by atoms with Gasteiger partial charge in [0.1, 0.15) is 0 Å². The number of aryl methyl sites for hydroxylation is 2.